The van der Waals surface area contributed by atoms with Crippen LogP contribution in [-0.2, 0) is 4.79 Å². The number of amides is 1. The molecule has 0 aliphatic rings. The lowest BCUT2D eigenvalue weighted by molar-refractivity contribution is -0.113. The molecule has 0 radical (unpaired) electrons. The van der Waals surface area contributed by atoms with Gasteiger partial charge in [0.1, 0.15) is 17.2 Å². The van der Waals surface area contributed by atoms with Crippen molar-refractivity contribution in [2.24, 2.45) is 0 Å². The molecule has 0 aromatic heterocycles. The maximum absolute atomic E-state index is 12.5. The first-order valence-corrected chi connectivity index (χ1v) is 11.4. The molecule has 1 amide bonds. The van der Waals surface area contributed by atoms with Crippen LogP contribution in [0.25, 0.3) is 0 Å². The summed E-state index contributed by atoms with van der Waals surface area (Å²) in [5.41, 5.74) is 2.14. The summed E-state index contributed by atoms with van der Waals surface area (Å²) >= 11 is 6.84. The van der Waals surface area contributed by atoms with Gasteiger partial charge in [-0.2, -0.15) is 0 Å². The maximum atomic E-state index is 12.5. The van der Waals surface area contributed by atoms with E-state index in [4.69, 9.17) is 26.4 Å². The van der Waals surface area contributed by atoms with Crippen LogP contribution in [0.2, 0.25) is 0 Å². The van der Waals surface area contributed by atoms with E-state index in [0.29, 0.717) is 28.0 Å². The van der Waals surface area contributed by atoms with Crippen LogP contribution >= 0.6 is 24.0 Å². The number of nitrogens with one attached hydrogen (secondary N) is 3. The number of methoxy groups -OCH3 is 3. The van der Waals surface area contributed by atoms with Crippen LogP contribution in [0.5, 0.6) is 17.2 Å². The molecule has 0 unspecified atom stereocenters. The summed E-state index contributed by atoms with van der Waals surface area (Å²) in [6.07, 6.45) is 0. The van der Waals surface area contributed by atoms with Gasteiger partial charge in [-0.05, 0) is 54.7 Å². The lowest BCUT2D eigenvalue weighted by atomic mass is 10.2. The Bertz CT molecular complexity index is 1120. The largest absolute Gasteiger partial charge is 0.497 e. The minimum Gasteiger partial charge on any atom is -0.497 e. The van der Waals surface area contributed by atoms with E-state index in [2.05, 4.69) is 16.0 Å². The molecule has 3 rings (SSSR count). The second-order valence-corrected chi connectivity index (χ2v) is 8.17. The zero-order valence-electron chi connectivity index (χ0n) is 18.5. The van der Waals surface area contributed by atoms with Crippen LogP contribution in [0, 0.1) is 0 Å². The number of thioether (sulfide) groups is 1. The lowest BCUT2D eigenvalue weighted by Crippen LogP contribution is -2.19. The fraction of sp³-hybridized carbons (Fsp3) is 0.167. The van der Waals surface area contributed by atoms with Crippen LogP contribution in [0.3, 0.4) is 0 Å². The highest BCUT2D eigenvalue weighted by atomic mass is 32.2. The van der Waals surface area contributed by atoms with Crippen molar-refractivity contribution in [1.29, 1.82) is 0 Å². The number of rotatable bonds is 9. The van der Waals surface area contributed by atoms with E-state index in [1.807, 2.05) is 48.5 Å². The lowest BCUT2D eigenvalue weighted by Gasteiger charge is -2.14. The third-order valence-corrected chi connectivity index (χ3v) is 5.70. The van der Waals surface area contributed by atoms with Crippen molar-refractivity contribution in [2.75, 3.05) is 43.0 Å². The predicted octanol–water partition coefficient (Wildman–Crippen LogP) is 5.25. The summed E-state index contributed by atoms with van der Waals surface area (Å²) in [6.45, 7) is 0. The van der Waals surface area contributed by atoms with E-state index >= 15 is 0 Å². The number of carbonyl (C=O) groups excluding carboxylic acids is 1. The Balaban J connectivity index is 1.57. The molecule has 0 fully saturated rings. The molecule has 0 aliphatic heterocycles. The summed E-state index contributed by atoms with van der Waals surface area (Å²) in [4.78, 5) is 13.4. The molecular weight excluding hydrogens is 458 g/mol. The van der Waals surface area contributed by atoms with Crippen molar-refractivity contribution in [2.45, 2.75) is 4.90 Å². The molecule has 0 aliphatic carbocycles. The number of anilines is 3. The molecule has 0 heterocycles. The average Bonchev–Trinajstić information content (AvgIpc) is 2.83. The van der Waals surface area contributed by atoms with Gasteiger partial charge >= 0.3 is 0 Å². The van der Waals surface area contributed by atoms with Crippen molar-refractivity contribution < 1.29 is 19.0 Å². The molecule has 0 saturated carbocycles. The zero-order valence-corrected chi connectivity index (χ0v) is 20.1. The van der Waals surface area contributed by atoms with E-state index in [-0.39, 0.29) is 11.7 Å². The number of ether oxygens (including phenoxy) is 3. The first-order chi connectivity index (χ1) is 16.0. The summed E-state index contributed by atoms with van der Waals surface area (Å²) in [6, 6.07) is 20.4. The molecule has 3 aromatic rings. The Morgan fingerprint density at radius 1 is 0.818 bits per heavy atom. The van der Waals surface area contributed by atoms with Crippen LogP contribution in [0.4, 0.5) is 17.1 Å². The molecule has 9 heteroatoms. The first-order valence-electron chi connectivity index (χ1n) is 9.98. The van der Waals surface area contributed by atoms with E-state index in [1.54, 1.807) is 39.5 Å². The minimum absolute atomic E-state index is 0.154. The molecule has 0 spiro atoms. The van der Waals surface area contributed by atoms with Gasteiger partial charge in [0.2, 0.25) is 5.91 Å². The summed E-state index contributed by atoms with van der Waals surface area (Å²) < 4.78 is 15.9. The number of para-hydroxylation sites is 2. The zero-order chi connectivity index (χ0) is 23.6. The number of hydrogen-bond acceptors (Lipinski definition) is 6. The quantitative estimate of drug-likeness (QED) is 0.281. The van der Waals surface area contributed by atoms with Crippen LogP contribution < -0.4 is 30.2 Å². The topological polar surface area (TPSA) is 80.9 Å². The fourth-order valence-electron chi connectivity index (χ4n) is 2.94. The molecular formula is C24H25N3O4S2. The van der Waals surface area contributed by atoms with Crippen LogP contribution in [0.1, 0.15) is 0 Å². The van der Waals surface area contributed by atoms with E-state index < -0.39 is 0 Å². The fourth-order valence-corrected chi connectivity index (χ4v) is 3.93. The Kier molecular flexibility index (Phi) is 8.79. The number of hydrogen-bond donors (Lipinski definition) is 3. The second-order valence-electron chi connectivity index (χ2n) is 6.71. The predicted molar refractivity (Wildman–Crippen MR) is 138 cm³/mol. The summed E-state index contributed by atoms with van der Waals surface area (Å²) in [7, 11) is 4.73. The van der Waals surface area contributed by atoms with Crippen molar-refractivity contribution in [3.05, 3.63) is 66.7 Å². The van der Waals surface area contributed by atoms with Crippen molar-refractivity contribution >= 4 is 52.1 Å². The van der Waals surface area contributed by atoms with Gasteiger partial charge in [-0.25, -0.2) is 0 Å². The summed E-state index contributed by atoms with van der Waals surface area (Å²) in [5.74, 6) is 1.97. The minimum atomic E-state index is -0.154. The highest BCUT2D eigenvalue weighted by Gasteiger charge is 2.10. The van der Waals surface area contributed by atoms with E-state index in [9.17, 15) is 4.79 Å². The van der Waals surface area contributed by atoms with E-state index in [0.717, 1.165) is 16.3 Å². The molecule has 0 saturated heterocycles. The Labute approximate surface area is 202 Å². The average molecular weight is 484 g/mol. The van der Waals surface area contributed by atoms with Gasteiger partial charge in [-0.3, -0.25) is 4.79 Å². The Hall–Kier alpha value is -3.43. The molecule has 0 bridgehead atoms. The Morgan fingerprint density at radius 2 is 1.58 bits per heavy atom. The number of benzene rings is 3. The Morgan fingerprint density at radius 3 is 2.33 bits per heavy atom. The number of thiocarbonyl (C=S) groups is 1. The van der Waals surface area contributed by atoms with Crippen LogP contribution in [0.15, 0.2) is 71.6 Å². The van der Waals surface area contributed by atoms with Crippen molar-refractivity contribution in [1.82, 2.24) is 0 Å². The highest BCUT2D eigenvalue weighted by Crippen LogP contribution is 2.30. The van der Waals surface area contributed by atoms with E-state index in [1.165, 1.54) is 11.8 Å². The van der Waals surface area contributed by atoms with Gasteiger partial charge in [-0.1, -0.05) is 18.2 Å². The van der Waals surface area contributed by atoms with Gasteiger partial charge in [0.15, 0.2) is 5.11 Å². The second kappa shape index (κ2) is 12.0. The van der Waals surface area contributed by atoms with Crippen molar-refractivity contribution in [3.63, 3.8) is 0 Å². The van der Waals surface area contributed by atoms with Gasteiger partial charge < -0.3 is 30.2 Å². The highest BCUT2D eigenvalue weighted by molar-refractivity contribution is 8.00. The summed E-state index contributed by atoms with van der Waals surface area (Å²) in [5, 5.41) is 9.59. The molecule has 7 nitrogen and oxygen atoms in total. The SMILES string of the molecule is COc1ccc(OC)c(NC(=O)CSc2cccc(NC(=S)Nc3ccccc3OC)c2)c1. The first kappa shape index (κ1) is 24.2. The monoisotopic (exact) mass is 483 g/mol. The third-order valence-electron chi connectivity index (χ3n) is 4.50. The van der Waals surface area contributed by atoms with Gasteiger partial charge in [0, 0.05) is 16.6 Å². The van der Waals surface area contributed by atoms with Crippen molar-refractivity contribution in [3.8, 4) is 17.2 Å². The molecule has 3 aromatic carbocycles. The molecule has 172 valence electrons. The standard InChI is InChI=1S/C24H25N3O4S2/c1-29-17-11-12-22(31-3)20(14-17)26-23(28)15-33-18-8-6-7-16(13-18)25-24(32)27-19-9-4-5-10-21(19)30-2/h4-14H,15H2,1-3H3,(H,26,28)(H2,25,27,32). The molecule has 0 atom stereocenters. The van der Waals surface area contributed by atoms with Crippen LogP contribution in [-0.4, -0.2) is 38.1 Å². The normalized spacial score (nSPS) is 10.2. The molecule has 33 heavy (non-hydrogen) atoms. The third kappa shape index (κ3) is 7.03. The van der Waals surface area contributed by atoms with Gasteiger partial charge in [0.25, 0.3) is 0 Å². The molecule has 3 N–H and O–H groups in total. The number of carbonyl (C=O) groups is 1. The maximum Gasteiger partial charge on any atom is 0.234 e. The smallest absolute Gasteiger partial charge is 0.234 e. The van der Waals surface area contributed by atoms with Gasteiger partial charge in [-0.15, -0.1) is 11.8 Å². The van der Waals surface area contributed by atoms with Gasteiger partial charge in [0.05, 0.1) is 38.5 Å².